The Morgan fingerprint density at radius 3 is 2.52 bits per heavy atom. The van der Waals surface area contributed by atoms with E-state index in [1.807, 2.05) is 0 Å². The van der Waals surface area contributed by atoms with Crippen molar-refractivity contribution in [1.82, 2.24) is 4.98 Å². The molecule has 0 aliphatic heterocycles. The SMILES string of the molecule is O=C(Cc1ccc(Cl)cc1Cl)Nc1ccc(C(=O)O)cn1. The summed E-state index contributed by atoms with van der Waals surface area (Å²) in [5, 5.41) is 12.2. The van der Waals surface area contributed by atoms with Gasteiger partial charge in [0.05, 0.1) is 12.0 Å². The first kappa shape index (κ1) is 15.3. The number of aromatic nitrogens is 1. The average Bonchev–Trinajstić information content (AvgIpc) is 2.42. The van der Waals surface area contributed by atoms with Crippen LogP contribution >= 0.6 is 23.2 Å². The van der Waals surface area contributed by atoms with Crippen molar-refractivity contribution < 1.29 is 14.7 Å². The molecular formula is C14H10Cl2N2O3. The molecule has 1 amide bonds. The molecule has 5 nitrogen and oxygen atoms in total. The number of pyridine rings is 1. The fourth-order valence-corrected chi connectivity index (χ4v) is 2.09. The molecule has 0 aliphatic carbocycles. The van der Waals surface area contributed by atoms with Gasteiger partial charge < -0.3 is 10.4 Å². The first-order valence-electron chi connectivity index (χ1n) is 5.89. The molecule has 0 bridgehead atoms. The zero-order valence-electron chi connectivity index (χ0n) is 10.6. The highest BCUT2D eigenvalue weighted by molar-refractivity contribution is 6.35. The van der Waals surface area contributed by atoms with Gasteiger partial charge in [-0.05, 0) is 29.8 Å². The molecule has 2 N–H and O–H groups in total. The van der Waals surface area contributed by atoms with Crippen molar-refractivity contribution in [3.63, 3.8) is 0 Å². The van der Waals surface area contributed by atoms with E-state index in [1.165, 1.54) is 18.3 Å². The van der Waals surface area contributed by atoms with Gasteiger partial charge in [-0.1, -0.05) is 29.3 Å². The molecule has 0 unspecified atom stereocenters. The van der Waals surface area contributed by atoms with E-state index in [4.69, 9.17) is 28.3 Å². The van der Waals surface area contributed by atoms with Crippen LogP contribution in [0.25, 0.3) is 0 Å². The second-order valence-electron chi connectivity index (χ2n) is 4.20. The maximum Gasteiger partial charge on any atom is 0.337 e. The summed E-state index contributed by atoms with van der Waals surface area (Å²) >= 11 is 11.8. The normalized spacial score (nSPS) is 10.2. The minimum Gasteiger partial charge on any atom is -0.478 e. The molecule has 21 heavy (non-hydrogen) atoms. The monoisotopic (exact) mass is 324 g/mol. The lowest BCUT2D eigenvalue weighted by molar-refractivity contribution is -0.115. The van der Waals surface area contributed by atoms with Gasteiger partial charge in [0.1, 0.15) is 5.82 Å². The zero-order valence-corrected chi connectivity index (χ0v) is 12.1. The van der Waals surface area contributed by atoms with Gasteiger partial charge >= 0.3 is 5.97 Å². The molecule has 0 aliphatic rings. The van der Waals surface area contributed by atoms with Crippen molar-refractivity contribution >= 4 is 40.9 Å². The number of nitrogens with zero attached hydrogens (tertiary/aromatic N) is 1. The van der Waals surface area contributed by atoms with Crippen molar-refractivity contribution in [3.8, 4) is 0 Å². The molecule has 1 heterocycles. The summed E-state index contributed by atoms with van der Waals surface area (Å²) in [6, 6.07) is 7.66. The topological polar surface area (TPSA) is 79.3 Å². The Hall–Kier alpha value is -2.11. The third-order valence-electron chi connectivity index (χ3n) is 2.64. The van der Waals surface area contributed by atoms with Gasteiger partial charge in [-0.25, -0.2) is 9.78 Å². The van der Waals surface area contributed by atoms with E-state index in [1.54, 1.807) is 18.2 Å². The van der Waals surface area contributed by atoms with Gasteiger partial charge in [-0.3, -0.25) is 4.79 Å². The predicted octanol–water partition coefficient (Wildman–Crippen LogP) is 3.27. The molecule has 7 heteroatoms. The number of rotatable bonds is 4. The van der Waals surface area contributed by atoms with Crippen LogP contribution < -0.4 is 5.32 Å². The van der Waals surface area contributed by atoms with Crippen molar-refractivity contribution in [1.29, 1.82) is 0 Å². The molecule has 1 aromatic heterocycles. The molecule has 0 saturated carbocycles. The van der Waals surface area contributed by atoms with E-state index in [2.05, 4.69) is 10.3 Å². The van der Waals surface area contributed by atoms with Crippen LogP contribution in [-0.4, -0.2) is 22.0 Å². The second kappa shape index (κ2) is 6.56. The van der Waals surface area contributed by atoms with E-state index in [0.717, 1.165) is 0 Å². The highest BCUT2D eigenvalue weighted by Gasteiger charge is 2.09. The summed E-state index contributed by atoms with van der Waals surface area (Å²) in [7, 11) is 0. The fourth-order valence-electron chi connectivity index (χ4n) is 1.62. The van der Waals surface area contributed by atoms with Crippen LogP contribution in [0, 0.1) is 0 Å². The highest BCUT2D eigenvalue weighted by atomic mass is 35.5. The van der Waals surface area contributed by atoms with Crippen LogP contribution in [0.5, 0.6) is 0 Å². The quantitative estimate of drug-likeness (QED) is 0.904. The third-order valence-corrected chi connectivity index (χ3v) is 3.23. The predicted molar refractivity (Wildman–Crippen MR) is 80.0 cm³/mol. The average molecular weight is 325 g/mol. The van der Waals surface area contributed by atoms with Gasteiger partial charge in [0.2, 0.25) is 5.91 Å². The number of amides is 1. The molecule has 1 aromatic carbocycles. The number of carbonyl (C=O) groups excluding carboxylic acids is 1. The van der Waals surface area contributed by atoms with Gasteiger partial charge in [0.15, 0.2) is 0 Å². The highest BCUT2D eigenvalue weighted by Crippen LogP contribution is 2.21. The van der Waals surface area contributed by atoms with E-state index in [0.29, 0.717) is 15.6 Å². The molecule has 0 atom stereocenters. The molecule has 2 aromatic rings. The van der Waals surface area contributed by atoms with Crippen LogP contribution in [0.4, 0.5) is 5.82 Å². The lowest BCUT2D eigenvalue weighted by Gasteiger charge is -2.06. The summed E-state index contributed by atoms with van der Waals surface area (Å²) in [5.74, 6) is -1.11. The van der Waals surface area contributed by atoms with E-state index in [-0.39, 0.29) is 23.7 Å². The molecule has 0 fully saturated rings. The van der Waals surface area contributed by atoms with Gasteiger partial charge in [-0.2, -0.15) is 0 Å². The second-order valence-corrected chi connectivity index (χ2v) is 5.04. The first-order chi connectivity index (χ1) is 9.95. The number of anilines is 1. The molecule has 2 rings (SSSR count). The van der Waals surface area contributed by atoms with Gasteiger partial charge in [0.25, 0.3) is 0 Å². The molecular weight excluding hydrogens is 315 g/mol. The number of carboxylic acid groups (broad SMARTS) is 1. The van der Waals surface area contributed by atoms with Crippen LogP contribution in [0.1, 0.15) is 15.9 Å². The van der Waals surface area contributed by atoms with Gasteiger partial charge in [0, 0.05) is 16.2 Å². The standard InChI is InChI=1S/C14H10Cl2N2O3/c15-10-3-1-8(11(16)6-10)5-13(19)18-12-4-2-9(7-17-12)14(20)21/h1-4,6-7H,5H2,(H,20,21)(H,17,18,19). The summed E-state index contributed by atoms with van der Waals surface area (Å²) in [6.07, 6.45) is 1.24. The number of carboxylic acids is 1. The minimum absolute atomic E-state index is 0.0498. The number of benzene rings is 1. The van der Waals surface area contributed by atoms with Crippen molar-refractivity contribution in [2.75, 3.05) is 5.32 Å². The summed E-state index contributed by atoms with van der Waals surface area (Å²) < 4.78 is 0. The lowest BCUT2D eigenvalue weighted by Crippen LogP contribution is -2.15. The van der Waals surface area contributed by atoms with E-state index < -0.39 is 5.97 Å². The first-order valence-corrected chi connectivity index (χ1v) is 6.64. The number of halogens is 2. The molecule has 0 saturated heterocycles. The largest absolute Gasteiger partial charge is 0.478 e. The van der Waals surface area contributed by atoms with Crippen LogP contribution in [0.15, 0.2) is 36.5 Å². The number of hydrogen-bond acceptors (Lipinski definition) is 3. The fraction of sp³-hybridized carbons (Fsp3) is 0.0714. The number of nitrogens with one attached hydrogen (secondary N) is 1. The molecule has 0 radical (unpaired) electrons. The Morgan fingerprint density at radius 1 is 1.19 bits per heavy atom. The smallest absolute Gasteiger partial charge is 0.337 e. The Morgan fingerprint density at radius 2 is 1.95 bits per heavy atom. The van der Waals surface area contributed by atoms with E-state index in [9.17, 15) is 9.59 Å². The van der Waals surface area contributed by atoms with Crippen LogP contribution in [0.3, 0.4) is 0 Å². The van der Waals surface area contributed by atoms with Gasteiger partial charge in [-0.15, -0.1) is 0 Å². The number of carbonyl (C=O) groups is 2. The van der Waals surface area contributed by atoms with Crippen molar-refractivity contribution in [2.45, 2.75) is 6.42 Å². The Labute approximate surface area is 130 Å². The maximum absolute atomic E-state index is 11.9. The maximum atomic E-state index is 11.9. The van der Waals surface area contributed by atoms with Crippen LogP contribution in [0.2, 0.25) is 10.0 Å². The zero-order chi connectivity index (χ0) is 15.4. The Kier molecular flexibility index (Phi) is 4.77. The minimum atomic E-state index is -1.08. The molecule has 108 valence electrons. The van der Waals surface area contributed by atoms with E-state index >= 15 is 0 Å². The summed E-state index contributed by atoms with van der Waals surface area (Å²) in [4.78, 5) is 26.4. The van der Waals surface area contributed by atoms with Crippen LogP contribution in [-0.2, 0) is 11.2 Å². The summed E-state index contributed by atoms with van der Waals surface area (Å²) in [6.45, 7) is 0. The van der Waals surface area contributed by atoms with Crippen molar-refractivity contribution in [3.05, 3.63) is 57.7 Å². The third kappa shape index (κ3) is 4.18. The van der Waals surface area contributed by atoms with Crippen molar-refractivity contribution in [2.24, 2.45) is 0 Å². The Balaban J connectivity index is 2.02. The summed E-state index contributed by atoms with van der Waals surface area (Å²) in [5.41, 5.74) is 0.689. The molecule has 0 spiro atoms. The lowest BCUT2D eigenvalue weighted by atomic mass is 10.1. The Bertz CT molecular complexity index is 687. The number of aromatic carboxylic acids is 1. The number of hydrogen-bond donors (Lipinski definition) is 2.